The number of aromatic nitrogens is 1. The van der Waals surface area contributed by atoms with Gasteiger partial charge in [0.15, 0.2) is 0 Å². The number of rotatable bonds is 8. The van der Waals surface area contributed by atoms with Gasteiger partial charge in [-0.3, -0.25) is 15.1 Å². The zero-order chi connectivity index (χ0) is 28.2. The second-order valence-electron chi connectivity index (χ2n) is 9.73. The molecular weight excluding hydrogens is 510 g/mol. The minimum Gasteiger partial charge on any atom is -0.477 e. The van der Waals surface area contributed by atoms with Crippen molar-refractivity contribution < 1.29 is 13.9 Å². The summed E-state index contributed by atoms with van der Waals surface area (Å²) in [6, 6.07) is 6.22. The van der Waals surface area contributed by atoms with E-state index in [0.717, 1.165) is 43.4 Å². The second-order valence-corrected chi connectivity index (χ2v) is 11.2. The van der Waals surface area contributed by atoms with E-state index in [-0.39, 0.29) is 23.5 Å². The van der Waals surface area contributed by atoms with E-state index in [2.05, 4.69) is 60.5 Å². The van der Waals surface area contributed by atoms with Gasteiger partial charge in [0.1, 0.15) is 5.82 Å². The van der Waals surface area contributed by atoms with Crippen LogP contribution in [0.4, 0.5) is 10.1 Å². The molecule has 4 rings (SSSR count). The van der Waals surface area contributed by atoms with Crippen molar-refractivity contribution in [1.29, 1.82) is 0 Å². The molecule has 3 heterocycles. The monoisotopic (exact) mass is 552 g/mol. The van der Waals surface area contributed by atoms with Crippen LogP contribution in [0.3, 0.4) is 0 Å². The van der Waals surface area contributed by atoms with Crippen molar-refractivity contribution in [3.8, 4) is 5.88 Å². The van der Waals surface area contributed by atoms with Gasteiger partial charge in [-0.2, -0.15) is 0 Å². The van der Waals surface area contributed by atoms with Crippen molar-refractivity contribution in [1.82, 2.24) is 10.3 Å². The average Bonchev–Trinajstić information content (AvgIpc) is 2.94. The molecule has 39 heavy (non-hydrogen) atoms. The van der Waals surface area contributed by atoms with E-state index < -0.39 is 0 Å². The summed E-state index contributed by atoms with van der Waals surface area (Å²) in [7, 11) is 0.518. The summed E-state index contributed by atoms with van der Waals surface area (Å²) >= 11 is 0. The minimum atomic E-state index is -0.315. The number of nitrogens with zero attached hydrogens (tertiary/aromatic N) is 2. The predicted molar refractivity (Wildman–Crippen MR) is 162 cm³/mol. The first-order chi connectivity index (χ1) is 18.9. The predicted octanol–water partition coefficient (Wildman–Crippen LogP) is 7.93. The number of unbranched alkanes of at least 4 members (excludes halogenated alkanes) is 1. The summed E-state index contributed by atoms with van der Waals surface area (Å²) in [6.07, 6.45) is 13.9. The van der Waals surface area contributed by atoms with Gasteiger partial charge in [-0.15, -0.1) is 0 Å². The molecule has 0 spiro atoms. The van der Waals surface area contributed by atoms with Gasteiger partial charge in [0.05, 0.1) is 23.7 Å². The molecular formula is C31H42FN4O2P. The Bertz CT molecular complexity index is 1210. The number of carbonyl (C=O) groups excluding carboxylic acids is 1. The molecule has 0 bridgehead atoms. The number of fused-ring (bicyclic) bond motifs is 1. The zero-order valence-electron chi connectivity index (χ0n) is 23.8. The fraction of sp³-hybridized carbons (Fsp3) is 0.452. The normalized spacial score (nSPS) is 19.7. The molecule has 0 saturated carbocycles. The van der Waals surface area contributed by atoms with E-state index in [4.69, 9.17) is 4.74 Å². The highest BCUT2D eigenvalue weighted by Crippen LogP contribution is 2.39. The molecule has 1 amide bonds. The summed E-state index contributed by atoms with van der Waals surface area (Å²) in [4.78, 5) is 21.8. The van der Waals surface area contributed by atoms with Crippen LogP contribution in [0.2, 0.25) is 0 Å². The van der Waals surface area contributed by atoms with Crippen molar-refractivity contribution >= 4 is 26.4 Å². The van der Waals surface area contributed by atoms with Gasteiger partial charge < -0.3 is 10.1 Å². The maximum absolute atomic E-state index is 14.8. The maximum Gasteiger partial charge on any atom is 0.257 e. The highest BCUT2D eigenvalue weighted by molar-refractivity contribution is 7.45. The van der Waals surface area contributed by atoms with E-state index in [1.807, 2.05) is 19.2 Å². The van der Waals surface area contributed by atoms with Crippen molar-refractivity contribution in [2.75, 3.05) is 11.9 Å². The third kappa shape index (κ3) is 8.81. The number of pyridine rings is 1. The molecule has 2 aliphatic rings. The van der Waals surface area contributed by atoms with Crippen LogP contribution in [0.15, 0.2) is 58.6 Å². The van der Waals surface area contributed by atoms with Crippen molar-refractivity contribution in [3.05, 3.63) is 76.1 Å². The van der Waals surface area contributed by atoms with Crippen LogP contribution >= 0.6 is 8.58 Å². The molecule has 2 aromatic rings. The smallest absolute Gasteiger partial charge is 0.257 e. The number of hydrogen-bond donors (Lipinski definition) is 2. The second kappa shape index (κ2) is 15.6. The van der Waals surface area contributed by atoms with Crippen LogP contribution in [0, 0.1) is 5.82 Å². The van der Waals surface area contributed by atoms with Gasteiger partial charge in [-0.1, -0.05) is 61.3 Å². The van der Waals surface area contributed by atoms with E-state index in [9.17, 15) is 9.18 Å². The summed E-state index contributed by atoms with van der Waals surface area (Å²) < 4.78 is 20.3. The number of nitrogens with one attached hydrogen (secondary N) is 2. The Morgan fingerprint density at radius 3 is 2.77 bits per heavy atom. The first kappa shape index (κ1) is 30.6. The van der Waals surface area contributed by atoms with Crippen LogP contribution in [0.1, 0.15) is 94.2 Å². The molecule has 1 aromatic carbocycles. The summed E-state index contributed by atoms with van der Waals surface area (Å²) in [5, 5.41) is 7.66. The number of amides is 1. The van der Waals surface area contributed by atoms with Crippen molar-refractivity contribution in [3.63, 3.8) is 0 Å². The number of carbonyl (C=O) groups is 1. The van der Waals surface area contributed by atoms with Crippen molar-refractivity contribution in [2.24, 2.45) is 4.99 Å². The van der Waals surface area contributed by atoms with Gasteiger partial charge in [-0.25, -0.2) is 9.37 Å². The van der Waals surface area contributed by atoms with Gasteiger partial charge >= 0.3 is 0 Å². The van der Waals surface area contributed by atoms with Gasteiger partial charge in [-0.05, 0) is 62.2 Å². The van der Waals surface area contributed by atoms with Crippen LogP contribution < -0.4 is 15.4 Å². The van der Waals surface area contributed by atoms with Crippen LogP contribution in [0.25, 0.3) is 0 Å². The standard InChI is InChI=1S/C28H34FN4O2P.C3H8/c1-4-6-10-25-24(8-5-2)30-17-26(36-25)32-18(3)22-15-21(11-12-23(22)29)33-27(34)20-14-19-9-7-13-35-28(19)31-16-20;1-3-2/h8,10-12,14-18,26,32,36H,4-7,9,13H2,1-3H3,(H,33,34);3H2,1-2H3/b24-8+,25-10-;. The molecule has 0 radical (unpaired) electrons. The van der Waals surface area contributed by atoms with E-state index in [1.165, 1.54) is 24.0 Å². The number of benzene rings is 1. The summed E-state index contributed by atoms with van der Waals surface area (Å²) in [5.74, 6) is 0.0261. The van der Waals surface area contributed by atoms with Crippen LogP contribution in [-0.4, -0.2) is 29.5 Å². The van der Waals surface area contributed by atoms with Gasteiger partial charge in [0, 0.05) is 35.3 Å². The molecule has 6 nitrogen and oxygen atoms in total. The molecule has 0 aliphatic carbocycles. The maximum atomic E-state index is 14.8. The fourth-order valence-electron chi connectivity index (χ4n) is 4.27. The molecule has 0 saturated heterocycles. The molecule has 210 valence electrons. The molecule has 2 N–H and O–H groups in total. The first-order valence-corrected chi connectivity index (χ1v) is 15.2. The SMILES string of the molecule is CC/C=C1/N=CC(NC(C)c2cc(NC(=O)c3cnc4c(c3)CCCO4)ccc2F)P/C1=C\CCC.CCC. The van der Waals surface area contributed by atoms with Crippen LogP contribution in [-0.2, 0) is 6.42 Å². The average molecular weight is 553 g/mol. The number of aliphatic imine (C=N–C) groups is 1. The molecule has 2 aliphatic heterocycles. The quantitative estimate of drug-likeness (QED) is 0.326. The Morgan fingerprint density at radius 1 is 1.23 bits per heavy atom. The first-order valence-electron chi connectivity index (χ1n) is 14.1. The number of aryl methyl sites for hydroxylation is 1. The molecule has 0 fully saturated rings. The lowest BCUT2D eigenvalue weighted by Crippen LogP contribution is -2.31. The van der Waals surface area contributed by atoms with E-state index in [0.29, 0.717) is 37.9 Å². The summed E-state index contributed by atoms with van der Waals surface area (Å²) in [5.41, 5.74) is 3.48. The highest BCUT2D eigenvalue weighted by Gasteiger charge is 2.21. The number of ether oxygens (including phenoxy) is 1. The third-order valence-corrected chi connectivity index (χ3v) is 7.55. The molecule has 1 aromatic heterocycles. The third-order valence-electron chi connectivity index (χ3n) is 6.15. The highest BCUT2D eigenvalue weighted by atomic mass is 31.1. The van der Waals surface area contributed by atoms with Crippen molar-refractivity contribution in [2.45, 2.75) is 85.0 Å². The minimum absolute atomic E-state index is 0.0264. The topological polar surface area (TPSA) is 75.6 Å². The Morgan fingerprint density at radius 2 is 2.03 bits per heavy atom. The number of halogens is 1. The van der Waals surface area contributed by atoms with Gasteiger partial charge in [0.2, 0.25) is 5.88 Å². The van der Waals surface area contributed by atoms with Gasteiger partial charge in [0.25, 0.3) is 5.91 Å². The Labute approximate surface area is 234 Å². The lowest BCUT2D eigenvalue weighted by molar-refractivity contribution is 0.102. The Balaban J connectivity index is 0.00000134. The van der Waals surface area contributed by atoms with Crippen LogP contribution in [0.5, 0.6) is 5.88 Å². The number of anilines is 1. The van der Waals surface area contributed by atoms with E-state index in [1.54, 1.807) is 12.1 Å². The Kier molecular flexibility index (Phi) is 12.3. The summed E-state index contributed by atoms with van der Waals surface area (Å²) in [6.45, 7) is 11.1. The van der Waals surface area contributed by atoms with E-state index >= 15 is 0 Å². The molecule has 3 unspecified atom stereocenters. The lowest BCUT2D eigenvalue weighted by atomic mass is 10.1. The fourth-order valence-corrected chi connectivity index (χ4v) is 5.67. The number of hydrogen-bond acceptors (Lipinski definition) is 5. The lowest BCUT2D eigenvalue weighted by Gasteiger charge is -2.26. The number of allylic oxidation sites excluding steroid dienone is 3. The molecule has 3 atom stereocenters. The Hall–Kier alpha value is -2.89. The zero-order valence-corrected chi connectivity index (χ0v) is 24.8. The molecule has 8 heteroatoms. The largest absolute Gasteiger partial charge is 0.477 e.